The second-order valence-electron chi connectivity index (χ2n) is 3.16. The molecule has 0 unspecified atom stereocenters. The fraction of sp³-hybridized carbons (Fsp3) is 0.333. The zero-order valence-corrected chi connectivity index (χ0v) is 11.6. The smallest absolute Gasteiger partial charge is 0.744 e. The van der Waals surface area contributed by atoms with Gasteiger partial charge >= 0.3 is 29.6 Å². The van der Waals surface area contributed by atoms with Crippen molar-refractivity contribution < 1.29 is 42.5 Å². The van der Waals surface area contributed by atoms with E-state index in [9.17, 15) is 13.0 Å². The minimum absolute atomic E-state index is 0. The Labute approximate surface area is 107 Å². The van der Waals surface area contributed by atoms with Gasteiger partial charge in [0.1, 0.15) is 10.1 Å². The average Bonchev–Trinajstić information content (AvgIpc) is 1.94. The second-order valence-corrected chi connectivity index (χ2v) is 4.51. The Morgan fingerprint density at radius 3 is 2.07 bits per heavy atom. The molecule has 0 aromatic heterocycles. The van der Waals surface area contributed by atoms with E-state index in [1.165, 1.54) is 6.07 Å². The van der Waals surface area contributed by atoms with Gasteiger partial charge in [-0.1, -0.05) is 6.07 Å². The van der Waals surface area contributed by atoms with Gasteiger partial charge in [-0.05, 0) is 43.5 Å². The molecule has 0 bridgehead atoms. The quantitative estimate of drug-likeness (QED) is 0.430. The van der Waals surface area contributed by atoms with E-state index in [1.807, 2.05) is 6.07 Å². The molecule has 5 heteroatoms. The standard InChI is InChI=1S/C9H12O3S.Na/c1-6-4-7(2)8(3)9(5-6)13(10,11)12;/h4-5H,1-3H3,(H,10,11,12);/q;+1/p-1. The molecule has 0 saturated heterocycles. The van der Waals surface area contributed by atoms with Crippen LogP contribution in [0.25, 0.3) is 0 Å². The summed E-state index contributed by atoms with van der Waals surface area (Å²) < 4.78 is 32.4. The zero-order valence-electron chi connectivity index (χ0n) is 8.79. The molecule has 0 N–H and O–H groups in total. The van der Waals surface area contributed by atoms with Crippen LogP contribution in [0.3, 0.4) is 0 Å². The Morgan fingerprint density at radius 2 is 1.64 bits per heavy atom. The Hall–Kier alpha value is 0.130. The van der Waals surface area contributed by atoms with E-state index in [2.05, 4.69) is 0 Å². The van der Waals surface area contributed by atoms with E-state index in [-0.39, 0.29) is 34.5 Å². The van der Waals surface area contributed by atoms with Crippen molar-refractivity contribution >= 4 is 10.1 Å². The van der Waals surface area contributed by atoms with E-state index in [0.29, 0.717) is 5.56 Å². The molecule has 1 aromatic rings. The predicted octanol–water partition coefficient (Wildman–Crippen LogP) is -1.48. The van der Waals surface area contributed by atoms with Crippen LogP contribution >= 0.6 is 0 Å². The summed E-state index contributed by atoms with van der Waals surface area (Å²) in [6.07, 6.45) is 0. The van der Waals surface area contributed by atoms with Crippen LogP contribution in [0.5, 0.6) is 0 Å². The number of benzene rings is 1. The van der Waals surface area contributed by atoms with Crippen molar-refractivity contribution in [3.63, 3.8) is 0 Å². The molecule has 0 aliphatic carbocycles. The molecule has 0 atom stereocenters. The molecule has 0 amide bonds. The van der Waals surface area contributed by atoms with Crippen molar-refractivity contribution in [2.75, 3.05) is 0 Å². The molecule has 72 valence electrons. The molecule has 0 aliphatic heterocycles. The van der Waals surface area contributed by atoms with Gasteiger partial charge in [0, 0.05) is 0 Å². The number of rotatable bonds is 1. The fourth-order valence-electron chi connectivity index (χ4n) is 1.26. The van der Waals surface area contributed by atoms with Crippen molar-refractivity contribution in [3.05, 3.63) is 28.8 Å². The van der Waals surface area contributed by atoms with Crippen LogP contribution in [-0.4, -0.2) is 13.0 Å². The summed E-state index contributed by atoms with van der Waals surface area (Å²) in [5.74, 6) is 0. The average molecular weight is 222 g/mol. The van der Waals surface area contributed by atoms with Gasteiger partial charge in [-0.3, -0.25) is 0 Å². The molecule has 0 radical (unpaired) electrons. The summed E-state index contributed by atoms with van der Waals surface area (Å²) in [5, 5.41) is 0. The van der Waals surface area contributed by atoms with Gasteiger partial charge in [0.05, 0.1) is 4.90 Å². The molecule has 0 aliphatic rings. The molecule has 14 heavy (non-hydrogen) atoms. The van der Waals surface area contributed by atoms with Crippen molar-refractivity contribution in [1.82, 2.24) is 0 Å². The molecule has 0 heterocycles. The molecule has 0 spiro atoms. The summed E-state index contributed by atoms with van der Waals surface area (Å²) in [6.45, 7) is 5.19. The topological polar surface area (TPSA) is 57.2 Å². The first-order chi connectivity index (χ1) is 5.82. The summed E-state index contributed by atoms with van der Waals surface area (Å²) in [7, 11) is -4.33. The van der Waals surface area contributed by atoms with Crippen LogP contribution in [0.15, 0.2) is 17.0 Å². The summed E-state index contributed by atoms with van der Waals surface area (Å²) in [6, 6.07) is 3.26. The van der Waals surface area contributed by atoms with Gasteiger partial charge in [-0.15, -0.1) is 0 Å². The van der Waals surface area contributed by atoms with Gasteiger partial charge in [0.15, 0.2) is 0 Å². The van der Waals surface area contributed by atoms with Crippen LogP contribution < -0.4 is 29.6 Å². The van der Waals surface area contributed by atoms with Crippen LogP contribution in [0, 0.1) is 20.8 Å². The number of hydrogen-bond donors (Lipinski definition) is 0. The molecule has 1 aromatic carbocycles. The number of aryl methyl sites for hydroxylation is 2. The van der Waals surface area contributed by atoms with Crippen LogP contribution in [0.4, 0.5) is 0 Å². The maximum absolute atomic E-state index is 10.8. The SMILES string of the molecule is Cc1cc(C)c(C)c(S(=O)(=O)[O-])c1.[Na+]. The van der Waals surface area contributed by atoms with Gasteiger partial charge in [0.2, 0.25) is 0 Å². The molecule has 0 saturated carbocycles. The Morgan fingerprint density at radius 1 is 1.14 bits per heavy atom. The third-order valence-corrected chi connectivity index (χ3v) is 3.00. The molecular formula is C9H11NaO3S. The molecule has 0 fully saturated rings. The third kappa shape index (κ3) is 3.07. The number of hydrogen-bond acceptors (Lipinski definition) is 3. The molecular weight excluding hydrogens is 211 g/mol. The fourth-order valence-corrected chi connectivity index (χ4v) is 2.13. The van der Waals surface area contributed by atoms with Gasteiger partial charge in [0.25, 0.3) is 0 Å². The summed E-state index contributed by atoms with van der Waals surface area (Å²) in [4.78, 5) is -0.106. The van der Waals surface area contributed by atoms with Crippen molar-refractivity contribution in [2.24, 2.45) is 0 Å². The summed E-state index contributed by atoms with van der Waals surface area (Å²) in [5.41, 5.74) is 2.16. The largest absolute Gasteiger partial charge is 1.00 e. The Kier molecular flexibility index (Phi) is 4.81. The van der Waals surface area contributed by atoms with E-state index in [0.717, 1.165) is 11.1 Å². The van der Waals surface area contributed by atoms with Crippen LogP contribution in [-0.2, 0) is 10.1 Å². The van der Waals surface area contributed by atoms with Crippen LogP contribution in [0.1, 0.15) is 16.7 Å². The second kappa shape index (κ2) is 4.77. The maximum Gasteiger partial charge on any atom is 1.00 e. The normalized spacial score (nSPS) is 10.9. The van der Waals surface area contributed by atoms with Crippen molar-refractivity contribution in [1.29, 1.82) is 0 Å². The minimum Gasteiger partial charge on any atom is -0.744 e. The van der Waals surface area contributed by atoms with Crippen LogP contribution in [0.2, 0.25) is 0 Å². The zero-order chi connectivity index (χ0) is 10.2. The molecule has 1 rings (SSSR count). The predicted molar refractivity (Wildman–Crippen MR) is 48.6 cm³/mol. The van der Waals surface area contributed by atoms with Gasteiger partial charge < -0.3 is 4.55 Å². The van der Waals surface area contributed by atoms with Crippen molar-refractivity contribution in [2.45, 2.75) is 25.7 Å². The van der Waals surface area contributed by atoms with E-state index >= 15 is 0 Å². The third-order valence-electron chi connectivity index (χ3n) is 2.03. The van der Waals surface area contributed by atoms with E-state index < -0.39 is 10.1 Å². The first-order valence-electron chi connectivity index (χ1n) is 3.86. The van der Waals surface area contributed by atoms with Gasteiger partial charge in [-0.2, -0.15) is 0 Å². The first kappa shape index (κ1) is 14.1. The van der Waals surface area contributed by atoms with Gasteiger partial charge in [-0.25, -0.2) is 8.42 Å². The van der Waals surface area contributed by atoms with E-state index in [4.69, 9.17) is 0 Å². The summed E-state index contributed by atoms with van der Waals surface area (Å²) >= 11 is 0. The Balaban J connectivity index is 0.00000169. The first-order valence-corrected chi connectivity index (χ1v) is 5.27. The molecule has 3 nitrogen and oxygen atoms in total. The monoisotopic (exact) mass is 222 g/mol. The minimum atomic E-state index is -4.33. The Bertz CT molecular complexity index is 438. The van der Waals surface area contributed by atoms with E-state index in [1.54, 1.807) is 20.8 Å². The van der Waals surface area contributed by atoms with Crippen molar-refractivity contribution in [3.8, 4) is 0 Å². The maximum atomic E-state index is 10.8.